The van der Waals surface area contributed by atoms with Gasteiger partial charge in [0.25, 0.3) is 0 Å². The Kier molecular flexibility index (Phi) is 9.33. The number of ether oxygens (including phenoxy) is 3. The first kappa shape index (κ1) is 28.2. The van der Waals surface area contributed by atoms with Crippen LogP contribution in [0.1, 0.15) is 70.6 Å². The quantitative estimate of drug-likeness (QED) is 0.150. The molecule has 0 saturated carbocycles. The summed E-state index contributed by atoms with van der Waals surface area (Å²) >= 11 is 0. The molecule has 198 valence electrons. The summed E-state index contributed by atoms with van der Waals surface area (Å²) < 4.78 is 16.3. The molecule has 1 aliphatic heterocycles. The van der Waals surface area contributed by atoms with Crippen LogP contribution in [0.25, 0.3) is 6.08 Å². The third kappa shape index (κ3) is 8.05. The summed E-state index contributed by atoms with van der Waals surface area (Å²) in [6, 6.07) is 16.1. The number of carbonyl (C=O) groups is 2. The normalized spacial score (nSPS) is 17.7. The number of aliphatic hydroxyl groups excluding tert-OH is 1. The third-order valence-electron chi connectivity index (χ3n) is 6.27. The van der Waals surface area contributed by atoms with E-state index in [-0.39, 0.29) is 24.9 Å². The van der Waals surface area contributed by atoms with Crippen LogP contribution in [-0.4, -0.2) is 42.5 Å². The van der Waals surface area contributed by atoms with E-state index in [9.17, 15) is 14.7 Å². The van der Waals surface area contributed by atoms with Gasteiger partial charge in [0.1, 0.15) is 12.4 Å². The van der Waals surface area contributed by atoms with Crippen molar-refractivity contribution in [2.75, 3.05) is 19.8 Å². The summed E-state index contributed by atoms with van der Waals surface area (Å²) in [6.45, 7) is 10.00. The monoisotopic (exact) mass is 505 g/mol. The summed E-state index contributed by atoms with van der Waals surface area (Å²) in [5.74, 6) is -0.184. The van der Waals surface area contributed by atoms with Gasteiger partial charge in [-0.2, -0.15) is 0 Å². The molecule has 2 aromatic rings. The second kappa shape index (κ2) is 12.2. The van der Waals surface area contributed by atoms with E-state index in [0.717, 1.165) is 16.7 Å². The summed E-state index contributed by atoms with van der Waals surface area (Å²) in [5.41, 5.74) is 3.62. The molecule has 37 heavy (non-hydrogen) atoms. The number of hydrogen-bond acceptors (Lipinski definition) is 6. The summed E-state index contributed by atoms with van der Waals surface area (Å²) in [5, 5.41) is 9.72. The van der Waals surface area contributed by atoms with E-state index in [2.05, 4.69) is 51.1 Å². The maximum absolute atomic E-state index is 12.1. The first-order valence-corrected chi connectivity index (χ1v) is 12.6. The minimum absolute atomic E-state index is 0.132. The molecule has 1 N–H and O–H groups in total. The van der Waals surface area contributed by atoms with Crippen molar-refractivity contribution in [3.05, 3.63) is 82.4 Å². The van der Waals surface area contributed by atoms with Crippen molar-refractivity contribution in [3.8, 4) is 5.75 Å². The second-order valence-corrected chi connectivity index (χ2v) is 10.7. The maximum Gasteiger partial charge on any atom is 0.334 e. The molecule has 0 aromatic heterocycles. The molecule has 6 nitrogen and oxygen atoms in total. The number of aliphatic hydroxyl groups is 1. The third-order valence-corrected chi connectivity index (χ3v) is 6.27. The average Bonchev–Trinajstić information content (AvgIpc) is 3.22. The van der Waals surface area contributed by atoms with Crippen LogP contribution in [0.3, 0.4) is 0 Å². The molecule has 0 spiro atoms. The molecule has 1 saturated heterocycles. The lowest BCUT2D eigenvalue weighted by atomic mass is 9.87. The van der Waals surface area contributed by atoms with Crippen molar-refractivity contribution < 1.29 is 28.9 Å². The Morgan fingerprint density at radius 1 is 1.11 bits per heavy atom. The number of benzene rings is 2. The predicted octanol–water partition coefficient (Wildman–Crippen LogP) is 5.57. The van der Waals surface area contributed by atoms with Gasteiger partial charge < -0.3 is 19.3 Å². The van der Waals surface area contributed by atoms with Crippen molar-refractivity contribution in [2.45, 2.75) is 64.9 Å². The largest absolute Gasteiger partial charge is 0.495 e. The van der Waals surface area contributed by atoms with Crippen LogP contribution < -0.4 is 4.74 Å². The van der Waals surface area contributed by atoms with Crippen molar-refractivity contribution >= 4 is 18.0 Å². The van der Waals surface area contributed by atoms with Crippen LogP contribution in [0, 0.1) is 6.08 Å². The van der Waals surface area contributed by atoms with Gasteiger partial charge in [-0.25, -0.2) is 4.79 Å². The van der Waals surface area contributed by atoms with Crippen LogP contribution in [0.15, 0.2) is 59.7 Å². The van der Waals surface area contributed by atoms with Crippen LogP contribution >= 0.6 is 0 Å². The zero-order chi connectivity index (χ0) is 27.1. The van der Waals surface area contributed by atoms with E-state index in [1.165, 1.54) is 5.56 Å². The lowest BCUT2D eigenvalue weighted by Gasteiger charge is -2.24. The lowest BCUT2D eigenvalue weighted by Crippen LogP contribution is -2.39. The highest BCUT2D eigenvalue weighted by Gasteiger charge is 2.45. The molecule has 0 amide bonds. The first-order chi connectivity index (χ1) is 17.5. The molecule has 0 unspecified atom stereocenters. The predicted molar refractivity (Wildman–Crippen MR) is 143 cm³/mol. The van der Waals surface area contributed by atoms with E-state index in [0.29, 0.717) is 24.4 Å². The van der Waals surface area contributed by atoms with Gasteiger partial charge in [-0.15, -0.1) is 29.8 Å². The molecular formula is C31H37O6-. The fourth-order valence-corrected chi connectivity index (χ4v) is 3.87. The Morgan fingerprint density at radius 3 is 2.35 bits per heavy atom. The minimum atomic E-state index is -1.20. The number of esters is 2. The van der Waals surface area contributed by atoms with Gasteiger partial charge in [-0.05, 0) is 31.2 Å². The minimum Gasteiger partial charge on any atom is -0.495 e. The molecule has 3 rings (SSSR count). The number of carbonyl (C=O) groups excluding carboxylic acids is 2. The van der Waals surface area contributed by atoms with Crippen LogP contribution in [0.2, 0.25) is 0 Å². The molecule has 0 bridgehead atoms. The molecule has 2 aromatic carbocycles. The van der Waals surface area contributed by atoms with Gasteiger partial charge >= 0.3 is 11.9 Å². The van der Waals surface area contributed by atoms with Gasteiger partial charge in [0.2, 0.25) is 0 Å². The van der Waals surface area contributed by atoms with E-state index >= 15 is 0 Å². The van der Waals surface area contributed by atoms with Crippen LogP contribution in [-0.2, 0) is 24.5 Å². The van der Waals surface area contributed by atoms with E-state index in [1.807, 2.05) is 44.2 Å². The average molecular weight is 506 g/mol. The fourth-order valence-electron chi connectivity index (χ4n) is 3.87. The van der Waals surface area contributed by atoms with Crippen LogP contribution in [0.4, 0.5) is 0 Å². The Bertz CT molecular complexity index is 1130. The Labute approximate surface area is 219 Å². The Hall–Kier alpha value is -3.38. The Balaban J connectivity index is 1.39. The van der Waals surface area contributed by atoms with E-state index < -0.39 is 24.1 Å². The van der Waals surface area contributed by atoms with Gasteiger partial charge in [0.05, 0.1) is 13.2 Å². The second-order valence-electron chi connectivity index (χ2n) is 10.7. The van der Waals surface area contributed by atoms with Gasteiger partial charge in [-0.1, -0.05) is 68.3 Å². The van der Waals surface area contributed by atoms with E-state index in [1.54, 1.807) is 0 Å². The fraction of sp³-hybridized carbons (Fsp3) is 0.419. The molecule has 1 atom stereocenters. The molecule has 6 heteroatoms. The maximum atomic E-state index is 12.1. The van der Waals surface area contributed by atoms with Crippen LogP contribution in [0.5, 0.6) is 5.75 Å². The van der Waals surface area contributed by atoms with Gasteiger partial charge in [0, 0.05) is 18.4 Å². The van der Waals surface area contributed by atoms with E-state index in [4.69, 9.17) is 14.2 Å². The van der Waals surface area contributed by atoms with Crippen molar-refractivity contribution in [2.24, 2.45) is 0 Å². The van der Waals surface area contributed by atoms with Gasteiger partial charge in [0.15, 0.2) is 5.60 Å². The number of allylic oxidation sites excluding steroid dienone is 1. The SMILES string of the molecule is CC(C)=C1C[C@](CO)(COC(=O)CCCOc2ccc([C-]=Cc3ccc(C(C)(C)C)cc3)cc2)OC1=O. The number of hydrogen-bond donors (Lipinski definition) is 1. The molecule has 1 fully saturated rings. The zero-order valence-corrected chi connectivity index (χ0v) is 22.4. The Morgan fingerprint density at radius 2 is 1.78 bits per heavy atom. The molecule has 1 heterocycles. The van der Waals surface area contributed by atoms with Crippen molar-refractivity contribution in [1.29, 1.82) is 0 Å². The topological polar surface area (TPSA) is 82.1 Å². The highest BCUT2D eigenvalue weighted by Crippen LogP contribution is 2.33. The summed E-state index contributed by atoms with van der Waals surface area (Å²) in [4.78, 5) is 24.1. The number of cyclic esters (lactones) is 1. The van der Waals surface area contributed by atoms with Crippen molar-refractivity contribution in [1.82, 2.24) is 0 Å². The first-order valence-electron chi connectivity index (χ1n) is 12.6. The molecular weight excluding hydrogens is 468 g/mol. The lowest BCUT2D eigenvalue weighted by molar-refractivity contribution is -0.166. The van der Waals surface area contributed by atoms with Crippen molar-refractivity contribution in [3.63, 3.8) is 0 Å². The standard InChI is InChI=1S/C31H37O6/c1-22(2)27-19-31(20-32,37-29(27)34)21-36-28(33)7-6-18-35-26-16-12-24(13-17-26)9-8-23-10-14-25(15-11-23)30(3,4)5/h8,10-17,32H,6-7,18-21H2,1-5H3/q-1/t31-/m0/s1. The highest BCUT2D eigenvalue weighted by molar-refractivity contribution is 5.92. The summed E-state index contributed by atoms with van der Waals surface area (Å²) in [7, 11) is 0. The van der Waals surface area contributed by atoms with Gasteiger partial charge in [-0.3, -0.25) is 4.79 Å². The number of rotatable bonds is 10. The highest BCUT2D eigenvalue weighted by atomic mass is 16.6. The smallest absolute Gasteiger partial charge is 0.334 e. The molecule has 1 aliphatic rings. The molecule has 0 aliphatic carbocycles. The molecule has 0 radical (unpaired) electrons. The summed E-state index contributed by atoms with van der Waals surface area (Å²) in [6.07, 6.45) is 6.12. The zero-order valence-electron chi connectivity index (χ0n) is 22.4.